The van der Waals surface area contributed by atoms with E-state index in [-0.39, 0.29) is 11.1 Å². The number of rotatable bonds is 4. The van der Waals surface area contributed by atoms with E-state index in [9.17, 15) is 4.39 Å². The van der Waals surface area contributed by atoms with Gasteiger partial charge in [0.2, 0.25) is 5.95 Å². The van der Waals surface area contributed by atoms with Crippen LogP contribution in [0.25, 0.3) is 11.3 Å². The zero-order valence-electron chi connectivity index (χ0n) is 19.1. The number of hydrogen-bond donors (Lipinski definition) is 0. The van der Waals surface area contributed by atoms with Crippen molar-refractivity contribution in [2.24, 2.45) is 0 Å². The Kier molecular flexibility index (Phi) is 6.44. The van der Waals surface area contributed by atoms with Gasteiger partial charge >= 0.3 is 0 Å². The van der Waals surface area contributed by atoms with Crippen LogP contribution in [0.2, 0.25) is 10.2 Å². The Morgan fingerprint density at radius 2 is 1.76 bits per heavy atom. The monoisotopic (exact) mass is 501 g/mol. The molecule has 1 aromatic carbocycles. The highest BCUT2D eigenvalue weighted by molar-refractivity contribution is 6.31. The van der Waals surface area contributed by atoms with Crippen LogP contribution in [0.3, 0.4) is 0 Å². The first-order valence-corrected chi connectivity index (χ1v) is 12.3. The highest BCUT2D eigenvalue weighted by Gasteiger charge is 2.30. The van der Waals surface area contributed by atoms with Gasteiger partial charge < -0.3 is 14.7 Å². The third-order valence-electron chi connectivity index (χ3n) is 6.58. The fourth-order valence-corrected chi connectivity index (χ4v) is 5.15. The van der Waals surface area contributed by atoms with Gasteiger partial charge in [-0.05, 0) is 44.9 Å². The highest BCUT2D eigenvalue weighted by Crippen LogP contribution is 2.32. The predicted octanol–water partition coefficient (Wildman–Crippen LogP) is 5.08. The molecule has 0 aliphatic carbocycles. The van der Waals surface area contributed by atoms with E-state index in [0.717, 1.165) is 36.5 Å². The number of halogens is 3. The number of benzene rings is 1. The normalized spacial score (nSPS) is 20.8. The lowest BCUT2D eigenvalue weighted by Crippen LogP contribution is -2.53. The second-order valence-electron chi connectivity index (χ2n) is 8.88. The molecule has 0 bridgehead atoms. The van der Waals surface area contributed by atoms with Crippen molar-refractivity contribution in [3.05, 3.63) is 52.7 Å². The lowest BCUT2D eigenvalue weighted by Gasteiger charge is -2.40. The highest BCUT2D eigenvalue weighted by atomic mass is 35.5. The van der Waals surface area contributed by atoms with E-state index < -0.39 is 5.82 Å². The van der Waals surface area contributed by atoms with Crippen molar-refractivity contribution in [2.75, 3.05) is 40.9 Å². The van der Waals surface area contributed by atoms with Gasteiger partial charge in [0, 0.05) is 62.3 Å². The van der Waals surface area contributed by atoms with Gasteiger partial charge in [-0.3, -0.25) is 0 Å². The van der Waals surface area contributed by atoms with Gasteiger partial charge in [-0.25, -0.2) is 19.3 Å². The van der Waals surface area contributed by atoms with Crippen LogP contribution >= 0.6 is 23.2 Å². The molecule has 0 unspecified atom stereocenters. The van der Waals surface area contributed by atoms with E-state index >= 15 is 0 Å². The molecule has 5 rings (SSSR count). The molecule has 2 aromatic heterocycles. The summed E-state index contributed by atoms with van der Waals surface area (Å²) in [5, 5.41) is 0.483. The minimum atomic E-state index is -0.444. The molecular formula is C24H26Cl2FN7. The van der Waals surface area contributed by atoms with Gasteiger partial charge in [0.15, 0.2) is 11.0 Å². The summed E-state index contributed by atoms with van der Waals surface area (Å²) >= 11 is 12.4. The quantitative estimate of drug-likeness (QED) is 0.493. The topological polar surface area (TPSA) is 61.3 Å². The molecule has 0 N–H and O–H groups in total. The number of nitrogens with zero attached hydrogens (tertiary/aromatic N) is 7. The van der Waals surface area contributed by atoms with Crippen molar-refractivity contribution in [3.8, 4) is 11.3 Å². The van der Waals surface area contributed by atoms with Crippen molar-refractivity contribution in [1.29, 1.82) is 0 Å². The standard InChI is InChI=1S/C24H26Cl2FN7/c1-15-4-3-9-33(15)21-13-20(17-5-6-19(27)18(25)12-17)30-24(31-21)34-11-10-32(14-16(34)2)23-22(26)28-7-8-29-23/h5-8,12-13,15-16H,3-4,9-11,14H2,1-2H3/t15-,16+/m1/s1. The smallest absolute Gasteiger partial charge is 0.228 e. The van der Waals surface area contributed by atoms with E-state index in [1.165, 1.54) is 6.07 Å². The first kappa shape index (κ1) is 23.1. The maximum Gasteiger partial charge on any atom is 0.228 e. The van der Waals surface area contributed by atoms with E-state index in [1.54, 1.807) is 24.5 Å². The van der Waals surface area contributed by atoms with Crippen molar-refractivity contribution in [3.63, 3.8) is 0 Å². The van der Waals surface area contributed by atoms with Crippen LogP contribution in [0.15, 0.2) is 36.7 Å². The van der Waals surface area contributed by atoms with Gasteiger partial charge in [0.05, 0.1) is 10.7 Å². The van der Waals surface area contributed by atoms with Gasteiger partial charge in [-0.2, -0.15) is 4.98 Å². The molecule has 7 nitrogen and oxygen atoms in total. The van der Waals surface area contributed by atoms with E-state index in [2.05, 4.69) is 38.5 Å². The summed E-state index contributed by atoms with van der Waals surface area (Å²) in [6.07, 6.45) is 5.51. The summed E-state index contributed by atoms with van der Waals surface area (Å²) in [6, 6.07) is 7.21. The predicted molar refractivity (Wildman–Crippen MR) is 135 cm³/mol. The molecule has 0 amide bonds. The number of anilines is 3. The maximum absolute atomic E-state index is 13.8. The molecule has 34 heavy (non-hydrogen) atoms. The Morgan fingerprint density at radius 3 is 2.47 bits per heavy atom. The molecule has 10 heteroatoms. The third-order valence-corrected chi connectivity index (χ3v) is 7.14. The van der Waals surface area contributed by atoms with Gasteiger partial charge in [0.25, 0.3) is 0 Å². The SMILES string of the molecule is C[C@@H]1CCCN1c1cc(-c2ccc(F)c(Cl)c2)nc(N2CCN(c3nccnc3Cl)C[C@@H]2C)n1. The lowest BCUT2D eigenvalue weighted by atomic mass is 10.1. The summed E-state index contributed by atoms with van der Waals surface area (Å²) in [5.74, 6) is 1.79. The van der Waals surface area contributed by atoms with Crippen molar-refractivity contribution >= 4 is 40.8 Å². The molecule has 178 valence electrons. The minimum Gasteiger partial charge on any atom is -0.354 e. The summed E-state index contributed by atoms with van der Waals surface area (Å²) in [5.41, 5.74) is 1.49. The van der Waals surface area contributed by atoms with Crippen LogP contribution in [0, 0.1) is 5.82 Å². The van der Waals surface area contributed by atoms with Crippen molar-refractivity contribution < 1.29 is 4.39 Å². The fourth-order valence-electron chi connectivity index (χ4n) is 4.75. The zero-order chi connectivity index (χ0) is 23.8. The van der Waals surface area contributed by atoms with Crippen LogP contribution in [0.1, 0.15) is 26.7 Å². The van der Waals surface area contributed by atoms with Gasteiger partial charge in [0.1, 0.15) is 11.6 Å². The van der Waals surface area contributed by atoms with Crippen molar-refractivity contribution in [1.82, 2.24) is 19.9 Å². The molecule has 2 atom stereocenters. The van der Waals surface area contributed by atoms with Crippen LogP contribution in [0.5, 0.6) is 0 Å². The van der Waals surface area contributed by atoms with E-state index in [1.807, 2.05) is 6.07 Å². The Balaban J connectivity index is 1.49. The second-order valence-corrected chi connectivity index (χ2v) is 9.65. The van der Waals surface area contributed by atoms with Crippen LogP contribution in [-0.4, -0.2) is 58.2 Å². The minimum absolute atomic E-state index is 0.0802. The summed E-state index contributed by atoms with van der Waals surface area (Å²) in [6.45, 7) is 7.44. The first-order valence-electron chi connectivity index (χ1n) is 11.5. The second kappa shape index (κ2) is 9.50. The maximum atomic E-state index is 13.8. The van der Waals surface area contributed by atoms with Crippen molar-refractivity contribution in [2.45, 2.75) is 38.8 Å². The Hall–Kier alpha value is -2.71. The third kappa shape index (κ3) is 4.49. The molecule has 2 saturated heterocycles. The Bertz CT molecular complexity index is 1190. The molecule has 2 aliphatic heterocycles. The largest absolute Gasteiger partial charge is 0.354 e. The summed E-state index contributed by atoms with van der Waals surface area (Å²) in [7, 11) is 0. The van der Waals surface area contributed by atoms with E-state index in [0.29, 0.717) is 42.6 Å². The molecule has 2 aliphatic rings. The lowest BCUT2D eigenvalue weighted by molar-refractivity contribution is 0.536. The number of piperazine rings is 1. The summed E-state index contributed by atoms with van der Waals surface area (Å²) < 4.78 is 13.8. The Labute approximate surface area is 208 Å². The molecule has 0 radical (unpaired) electrons. The van der Waals surface area contributed by atoms with E-state index in [4.69, 9.17) is 33.2 Å². The molecule has 4 heterocycles. The average Bonchev–Trinajstić information content (AvgIpc) is 3.26. The molecular weight excluding hydrogens is 476 g/mol. The number of aromatic nitrogens is 4. The average molecular weight is 502 g/mol. The fraction of sp³-hybridized carbons (Fsp3) is 0.417. The first-order chi connectivity index (χ1) is 16.4. The number of hydrogen-bond acceptors (Lipinski definition) is 7. The van der Waals surface area contributed by atoms with Crippen LogP contribution < -0.4 is 14.7 Å². The van der Waals surface area contributed by atoms with Crippen LogP contribution in [0.4, 0.5) is 22.0 Å². The van der Waals surface area contributed by atoms with Crippen LogP contribution in [-0.2, 0) is 0 Å². The molecule has 3 aromatic rings. The molecule has 0 spiro atoms. The van der Waals surface area contributed by atoms with Gasteiger partial charge in [-0.1, -0.05) is 23.2 Å². The molecule has 0 saturated carbocycles. The zero-order valence-corrected chi connectivity index (χ0v) is 20.6. The summed E-state index contributed by atoms with van der Waals surface area (Å²) in [4.78, 5) is 25.1. The molecule has 2 fully saturated rings. The van der Waals surface area contributed by atoms with Gasteiger partial charge in [-0.15, -0.1) is 0 Å². The Morgan fingerprint density at radius 1 is 0.941 bits per heavy atom.